The number of aromatic amines is 1. The van der Waals surface area contributed by atoms with Gasteiger partial charge in [-0.05, 0) is 59.7 Å². The lowest BCUT2D eigenvalue weighted by atomic mass is 10.0. The zero-order valence-electron chi connectivity index (χ0n) is 16.8. The van der Waals surface area contributed by atoms with Crippen molar-refractivity contribution in [1.82, 2.24) is 20.6 Å². The van der Waals surface area contributed by atoms with Gasteiger partial charge in [-0.2, -0.15) is 0 Å². The summed E-state index contributed by atoms with van der Waals surface area (Å²) in [5.41, 5.74) is 7.91. The number of para-hydroxylation sites is 1. The number of nitrogen functional groups attached to an aromatic ring is 1. The molecule has 0 spiro atoms. The molecule has 9 heteroatoms. The molecule has 0 saturated heterocycles. The number of H-pyrrole nitrogens is 1. The van der Waals surface area contributed by atoms with Crippen LogP contribution in [0.4, 0.5) is 5.69 Å². The Hall–Kier alpha value is -3.39. The number of carbonyl (C=O) groups excluding carboxylic acids is 1. The monoisotopic (exact) mass is 439 g/mol. The number of aromatic nitrogens is 4. The number of rotatable bonds is 10. The Kier molecular flexibility index (Phi) is 6.47. The van der Waals surface area contributed by atoms with Crippen LogP contribution in [0.2, 0.25) is 0 Å². The van der Waals surface area contributed by atoms with E-state index < -0.39 is 0 Å². The van der Waals surface area contributed by atoms with Gasteiger partial charge in [0.15, 0.2) is 11.5 Å². The number of ketones is 1. The van der Waals surface area contributed by atoms with Crippen molar-refractivity contribution in [2.45, 2.75) is 25.7 Å². The van der Waals surface area contributed by atoms with E-state index in [2.05, 4.69) is 20.6 Å². The predicted octanol–water partition coefficient (Wildman–Crippen LogP) is 4.60. The number of nitrogens with zero attached hydrogens (tertiary/aromatic N) is 3. The lowest BCUT2D eigenvalue weighted by molar-refractivity contribution is 0.103. The highest BCUT2D eigenvalue weighted by atomic mass is 35.5. The molecule has 0 aliphatic heterocycles. The van der Waals surface area contributed by atoms with Gasteiger partial charge in [-0.25, -0.2) is 5.10 Å². The largest absolute Gasteiger partial charge is 0.494 e. The Morgan fingerprint density at radius 3 is 2.65 bits per heavy atom. The van der Waals surface area contributed by atoms with Crippen molar-refractivity contribution < 1.29 is 13.9 Å². The number of hydrogen-bond donors (Lipinski definition) is 2. The van der Waals surface area contributed by atoms with Crippen molar-refractivity contribution in [2.75, 3.05) is 18.2 Å². The third kappa shape index (κ3) is 4.54. The van der Waals surface area contributed by atoms with E-state index in [1.54, 1.807) is 42.5 Å². The molecule has 0 bridgehead atoms. The standard InChI is InChI=1S/C22H22ClN5O3/c23-12-3-1-2-4-13-30-15-10-8-14(9-11-15)19(29)17-7-5-6-16-18(24)21(31-20(16)17)22-25-27-28-26-22/h5-11H,1-4,12-13,24H2,(H,25,26,27,28). The SMILES string of the molecule is Nc1c(-c2nnn[nH]2)oc2c(C(=O)c3ccc(OCCCCCCCl)cc3)cccc12. The molecule has 2 aromatic carbocycles. The second-order valence-corrected chi connectivity index (χ2v) is 7.46. The molecule has 31 heavy (non-hydrogen) atoms. The number of carbonyl (C=O) groups is 1. The summed E-state index contributed by atoms with van der Waals surface area (Å²) in [6, 6.07) is 12.4. The molecular weight excluding hydrogens is 418 g/mol. The van der Waals surface area contributed by atoms with Gasteiger partial charge in [0.05, 0.1) is 17.9 Å². The first kappa shape index (κ1) is 20.9. The fraction of sp³-hybridized carbons (Fsp3) is 0.273. The number of nitrogens with two attached hydrogens (primary N) is 1. The Labute approximate surface area is 183 Å². The number of fused-ring (bicyclic) bond motifs is 1. The Morgan fingerprint density at radius 2 is 1.90 bits per heavy atom. The van der Waals surface area contributed by atoms with Crippen LogP contribution in [0.25, 0.3) is 22.6 Å². The summed E-state index contributed by atoms with van der Waals surface area (Å²) in [5, 5.41) is 14.2. The van der Waals surface area contributed by atoms with E-state index >= 15 is 0 Å². The summed E-state index contributed by atoms with van der Waals surface area (Å²) in [4.78, 5) is 13.1. The van der Waals surface area contributed by atoms with Crippen LogP contribution in [0.3, 0.4) is 0 Å². The molecule has 0 fully saturated rings. The lowest BCUT2D eigenvalue weighted by Crippen LogP contribution is -2.02. The van der Waals surface area contributed by atoms with Crippen LogP contribution < -0.4 is 10.5 Å². The summed E-state index contributed by atoms with van der Waals surface area (Å²) in [6.45, 7) is 0.639. The summed E-state index contributed by atoms with van der Waals surface area (Å²) in [7, 11) is 0. The van der Waals surface area contributed by atoms with E-state index in [-0.39, 0.29) is 5.78 Å². The molecule has 0 aliphatic carbocycles. The third-order valence-corrected chi connectivity index (χ3v) is 5.24. The minimum Gasteiger partial charge on any atom is -0.494 e. The van der Waals surface area contributed by atoms with Gasteiger partial charge in [-0.3, -0.25) is 4.79 Å². The van der Waals surface area contributed by atoms with Crippen molar-refractivity contribution in [3.8, 4) is 17.3 Å². The zero-order chi connectivity index (χ0) is 21.6. The summed E-state index contributed by atoms with van der Waals surface area (Å²) >= 11 is 5.68. The van der Waals surface area contributed by atoms with Crippen molar-refractivity contribution in [3.63, 3.8) is 0 Å². The number of hydrogen-bond acceptors (Lipinski definition) is 7. The molecule has 2 aromatic heterocycles. The molecule has 0 amide bonds. The van der Waals surface area contributed by atoms with Crippen molar-refractivity contribution >= 4 is 34.0 Å². The first-order chi connectivity index (χ1) is 15.2. The quantitative estimate of drug-likeness (QED) is 0.210. The van der Waals surface area contributed by atoms with Gasteiger partial charge < -0.3 is 14.9 Å². The van der Waals surface area contributed by atoms with E-state index in [0.29, 0.717) is 51.9 Å². The number of nitrogens with one attached hydrogen (secondary N) is 1. The Balaban J connectivity index is 1.50. The molecule has 0 saturated carbocycles. The van der Waals surface area contributed by atoms with Crippen LogP contribution in [0, 0.1) is 0 Å². The smallest absolute Gasteiger partial charge is 0.217 e. The molecule has 0 atom stereocenters. The summed E-state index contributed by atoms with van der Waals surface area (Å²) in [6.07, 6.45) is 4.20. The number of halogens is 1. The molecule has 2 heterocycles. The number of unbranched alkanes of at least 4 members (excludes halogenated alkanes) is 3. The van der Waals surface area contributed by atoms with E-state index in [1.165, 1.54) is 0 Å². The Bertz CT molecular complexity index is 1160. The summed E-state index contributed by atoms with van der Waals surface area (Å²) < 4.78 is 11.6. The minimum absolute atomic E-state index is 0.172. The number of benzene rings is 2. The van der Waals surface area contributed by atoms with E-state index in [0.717, 1.165) is 31.4 Å². The minimum atomic E-state index is -0.172. The molecule has 0 unspecified atom stereocenters. The maximum absolute atomic E-state index is 13.1. The van der Waals surface area contributed by atoms with Crippen LogP contribution in [0.1, 0.15) is 41.6 Å². The van der Waals surface area contributed by atoms with Gasteiger partial charge in [-0.15, -0.1) is 16.7 Å². The molecular formula is C22H22ClN5O3. The van der Waals surface area contributed by atoms with Crippen LogP contribution in [0.15, 0.2) is 46.9 Å². The van der Waals surface area contributed by atoms with Crippen molar-refractivity contribution in [2.24, 2.45) is 0 Å². The number of alkyl halides is 1. The first-order valence-electron chi connectivity index (χ1n) is 10.1. The molecule has 0 radical (unpaired) electrons. The average Bonchev–Trinajstić information content (AvgIpc) is 3.44. The number of anilines is 1. The predicted molar refractivity (Wildman–Crippen MR) is 118 cm³/mol. The molecule has 0 aliphatic rings. The zero-order valence-corrected chi connectivity index (χ0v) is 17.6. The van der Waals surface area contributed by atoms with E-state index in [4.69, 9.17) is 26.5 Å². The van der Waals surface area contributed by atoms with Gasteiger partial charge >= 0.3 is 0 Å². The first-order valence-corrected chi connectivity index (χ1v) is 10.6. The van der Waals surface area contributed by atoms with E-state index in [1.807, 2.05) is 0 Å². The molecule has 3 N–H and O–H groups in total. The van der Waals surface area contributed by atoms with Gasteiger partial charge in [0.2, 0.25) is 5.82 Å². The third-order valence-electron chi connectivity index (χ3n) is 4.97. The van der Waals surface area contributed by atoms with Gasteiger partial charge in [-0.1, -0.05) is 18.9 Å². The fourth-order valence-corrected chi connectivity index (χ4v) is 3.54. The lowest BCUT2D eigenvalue weighted by Gasteiger charge is -2.07. The van der Waals surface area contributed by atoms with Crippen LogP contribution in [0.5, 0.6) is 5.75 Å². The van der Waals surface area contributed by atoms with Gasteiger partial charge in [0.25, 0.3) is 0 Å². The fourth-order valence-electron chi connectivity index (χ4n) is 3.35. The highest BCUT2D eigenvalue weighted by Gasteiger charge is 2.21. The van der Waals surface area contributed by atoms with Crippen molar-refractivity contribution in [1.29, 1.82) is 0 Å². The van der Waals surface area contributed by atoms with Crippen molar-refractivity contribution in [3.05, 3.63) is 53.6 Å². The van der Waals surface area contributed by atoms with Crippen LogP contribution in [-0.4, -0.2) is 38.9 Å². The maximum Gasteiger partial charge on any atom is 0.217 e. The van der Waals surface area contributed by atoms with Gasteiger partial charge in [0, 0.05) is 16.8 Å². The topological polar surface area (TPSA) is 120 Å². The second-order valence-electron chi connectivity index (χ2n) is 7.08. The second kappa shape index (κ2) is 9.61. The number of furan rings is 1. The Morgan fingerprint density at radius 1 is 1.10 bits per heavy atom. The average molecular weight is 440 g/mol. The van der Waals surface area contributed by atoms with Crippen LogP contribution >= 0.6 is 11.6 Å². The normalized spacial score (nSPS) is 11.1. The molecule has 4 aromatic rings. The van der Waals surface area contributed by atoms with Crippen LogP contribution in [-0.2, 0) is 0 Å². The maximum atomic E-state index is 13.1. The highest BCUT2D eigenvalue weighted by molar-refractivity contribution is 6.18. The number of ether oxygens (including phenoxy) is 1. The molecule has 8 nitrogen and oxygen atoms in total. The van der Waals surface area contributed by atoms with E-state index in [9.17, 15) is 4.79 Å². The van der Waals surface area contributed by atoms with Gasteiger partial charge in [0.1, 0.15) is 11.3 Å². The molecule has 160 valence electrons. The molecule has 4 rings (SSSR count). The summed E-state index contributed by atoms with van der Waals surface area (Å²) in [5.74, 6) is 1.86. The number of tetrazole rings is 1. The highest BCUT2D eigenvalue weighted by Crippen LogP contribution is 2.36.